The number of hydrogen-bond donors (Lipinski definition) is 2. The van der Waals surface area contributed by atoms with Gasteiger partial charge in [0.15, 0.2) is 5.69 Å². The number of hydrogen-bond acceptors (Lipinski definition) is 2. The smallest absolute Gasteiger partial charge is 0.354 e. The summed E-state index contributed by atoms with van der Waals surface area (Å²) in [6.07, 6.45) is 0. The number of amides is 1. The predicted octanol–water partition coefficient (Wildman–Crippen LogP) is 8.54. The summed E-state index contributed by atoms with van der Waals surface area (Å²) in [5.74, 6) is -3.18. The lowest BCUT2D eigenvalue weighted by Crippen LogP contribution is -2.17. The van der Waals surface area contributed by atoms with Gasteiger partial charge in [0.05, 0.1) is 11.2 Å². The second kappa shape index (κ2) is 10.8. The second-order valence-electron chi connectivity index (χ2n) is 10.9. The van der Waals surface area contributed by atoms with Gasteiger partial charge in [0.1, 0.15) is 11.6 Å². The Labute approximate surface area is 241 Å². The zero-order valence-corrected chi connectivity index (χ0v) is 23.4. The molecule has 1 heterocycles. The van der Waals surface area contributed by atoms with Crippen molar-refractivity contribution in [2.75, 3.05) is 5.32 Å². The Morgan fingerprint density at radius 2 is 1.56 bits per heavy atom. The molecule has 4 aromatic carbocycles. The number of nitrogens with one attached hydrogen (secondary N) is 1. The summed E-state index contributed by atoms with van der Waals surface area (Å²) in [6.45, 7) is 6.34. The first-order chi connectivity index (χ1) is 19.4. The van der Waals surface area contributed by atoms with Crippen LogP contribution in [0.5, 0.6) is 0 Å². The van der Waals surface area contributed by atoms with E-state index in [0.717, 1.165) is 17.2 Å². The quantitative estimate of drug-likeness (QED) is 0.214. The maximum atomic E-state index is 14.0. The van der Waals surface area contributed by atoms with Gasteiger partial charge in [0.2, 0.25) is 0 Å². The fourth-order valence-electron chi connectivity index (χ4n) is 4.89. The summed E-state index contributed by atoms with van der Waals surface area (Å²) in [5.41, 5.74) is 3.28. The standard InChI is InChI=1S/C33H27ClF2N2O3/c1-33(2,3)23-10-7-20(8-11-23)31(39)37-29-27-12-9-21(22-14-25(35)17-26(36)15-22)16-28(27)38(30(29)32(40)41)18-19-5-4-6-24(34)13-19/h4-17H,18H2,1-3H3,(H,37,39)(H,40,41). The van der Waals surface area contributed by atoms with Crippen molar-refractivity contribution in [3.8, 4) is 11.1 Å². The van der Waals surface area contributed by atoms with Gasteiger partial charge in [0.25, 0.3) is 5.91 Å². The maximum Gasteiger partial charge on any atom is 0.354 e. The summed E-state index contributed by atoms with van der Waals surface area (Å²) >= 11 is 6.19. The van der Waals surface area contributed by atoms with Gasteiger partial charge in [-0.25, -0.2) is 13.6 Å². The molecule has 5 nitrogen and oxygen atoms in total. The summed E-state index contributed by atoms with van der Waals surface area (Å²) in [5, 5.41) is 14.1. The predicted molar refractivity (Wildman–Crippen MR) is 158 cm³/mol. The number of aromatic carboxylic acids is 1. The highest BCUT2D eigenvalue weighted by atomic mass is 35.5. The van der Waals surface area contributed by atoms with Gasteiger partial charge in [0, 0.05) is 28.6 Å². The minimum atomic E-state index is -1.25. The molecule has 1 aromatic heterocycles. The van der Waals surface area contributed by atoms with Gasteiger partial charge in [-0.15, -0.1) is 0 Å². The van der Waals surface area contributed by atoms with E-state index in [-0.39, 0.29) is 23.3 Å². The number of halogens is 3. The lowest BCUT2D eigenvalue weighted by atomic mass is 9.87. The van der Waals surface area contributed by atoms with Crippen LogP contribution in [-0.2, 0) is 12.0 Å². The summed E-state index contributed by atoms with van der Waals surface area (Å²) in [4.78, 5) is 26.0. The number of anilines is 1. The Morgan fingerprint density at radius 3 is 2.17 bits per heavy atom. The highest BCUT2D eigenvalue weighted by Gasteiger charge is 2.25. The van der Waals surface area contributed by atoms with Crippen LogP contribution in [0.4, 0.5) is 14.5 Å². The molecule has 208 valence electrons. The van der Waals surface area contributed by atoms with Crippen LogP contribution in [0, 0.1) is 11.6 Å². The number of rotatable bonds is 6. The number of aromatic nitrogens is 1. The highest BCUT2D eigenvalue weighted by Crippen LogP contribution is 2.36. The molecule has 0 unspecified atom stereocenters. The minimum Gasteiger partial charge on any atom is -0.477 e. The van der Waals surface area contributed by atoms with Crippen LogP contribution in [0.2, 0.25) is 5.02 Å². The third kappa shape index (κ3) is 5.86. The first-order valence-electron chi connectivity index (χ1n) is 12.9. The van der Waals surface area contributed by atoms with Crippen molar-refractivity contribution < 1.29 is 23.5 Å². The Bertz CT molecular complexity index is 1780. The van der Waals surface area contributed by atoms with Crippen LogP contribution in [0.3, 0.4) is 0 Å². The van der Waals surface area contributed by atoms with E-state index in [9.17, 15) is 23.5 Å². The number of carbonyl (C=O) groups excluding carboxylic acids is 1. The molecule has 2 N–H and O–H groups in total. The maximum absolute atomic E-state index is 14.0. The number of carboxylic acids is 1. The third-order valence-corrected chi connectivity index (χ3v) is 7.18. The van der Waals surface area contributed by atoms with E-state index in [1.54, 1.807) is 53.1 Å². The monoisotopic (exact) mass is 572 g/mol. The molecule has 0 fully saturated rings. The normalized spacial score (nSPS) is 11.6. The second-order valence-corrected chi connectivity index (χ2v) is 11.4. The van der Waals surface area contributed by atoms with E-state index in [2.05, 4.69) is 26.1 Å². The molecule has 0 aliphatic carbocycles. The Morgan fingerprint density at radius 1 is 0.878 bits per heavy atom. The first-order valence-corrected chi connectivity index (χ1v) is 13.3. The molecular weight excluding hydrogens is 546 g/mol. The van der Waals surface area contributed by atoms with Crippen LogP contribution in [0.1, 0.15) is 52.7 Å². The largest absolute Gasteiger partial charge is 0.477 e. The van der Waals surface area contributed by atoms with Gasteiger partial charge in [-0.1, -0.05) is 68.8 Å². The Hall–Kier alpha value is -4.49. The average molecular weight is 573 g/mol. The van der Waals surface area contributed by atoms with Crippen LogP contribution in [-0.4, -0.2) is 21.6 Å². The Balaban J connectivity index is 1.66. The molecule has 0 bridgehead atoms. The first kappa shape index (κ1) is 28.1. The van der Waals surface area contributed by atoms with E-state index >= 15 is 0 Å². The molecule has 0 aliphatic heterocycles. The van der Waals surface area contributed by atoms with Crippen molar-refractivity contribution in [3.63, 3.8) is 0 Å². The summed E-state index contributed by atoms with van der Waals surface area (Å²) in [6, 6.07) is 22.3. The number of carbonyl (C=O) groups is 2. The SMILES string of the molecule is CC(C)(C)c1ccc(C(=O)Nc2c(C(=O)O)n(Cc3cccc(Cl)c3)c3cc(-c4cc(F)cc(F)c4)ccc23)cc1. The van der Waals surface area contributed by atoms with E-state index in [1.807, 2.05) is 18.2 Å². The molecule has 8 heteroatoms. The molecule has 0 spiro atoms. The van der Waals surface area contributed by atoms with Gasteiger partial charge in [-0.3, -0.25) is 4.79 Å². The van der Waals surface area contributed by atoms with Crippen LogP contribution in [0.25, 0.3) is 22.0 Å². The summed E-state index contributed by atoms with van der Waals surface area (Å²) < 4.78 is 29.6. The topological polar surface area (TPSA) is 71.3 Å². The number of nitrogens with zero attached hydrogens (tertiary/aromatic N) is 1. The van der Waals surface area contributed by atoms with Gasteiger partial charge in [-0.2, -0.15) is 0 Å². The van der Waals surface area contributed by atoms with E-state index < -0.39 is 23.5 Å². The molecular formula is C33H27ClF2N2O3. The molecule has 5 aromatic rings. The fourth-order valence-corrected chi connectivity index (χ4v) is 5.10. The van der Waals surface area contributed by atoms with Crippen LogP contribution < -0.4 is 5.32 Å². The zero-order chi connectivity index (χ0) is 29.5. The molecule has 5 rings (SSSR count). The zero-order valence-electron chi connectivity index (χ0n) is 22.6. The average Bonchev–Trinajstić information content (AvgIpc) is 3.20. The van der Waals surface area contributed by atoms with Gasteiger partial charge < -0.3 is 15.0 Å². The lowest BCUT2D eigenvalue weighted by Gasteiger charge is -2.19. The molecule has 0 radical (unpaired) electrons. The lowest BCUT2D eigenvalue weighted by molar-refractivity contribution is 0.0687. The van der Waals surface area contributed by atoms with Gasteiger partial charge in [-0.05, 0) is 70.1 Å². The van der Waals surface area contributed by atoms with E-state index in [0.29, 0.717) is 32.6 Å². The summed E-state index contributed by atoms with van der Waals surface area (Å²) in [7, 11) is 0. The van der Waals surface area contributed by atoms with Crippen LogP contribution >= 0.6 is 11.6 Å². The number of benzene rings is 4. The molecule has 0 saturated heterocycles. The molecule has 41 heavy (non-hydrogen) atoms. The van der Waals surface area contributed by atoms with E-state index in [4.69, 9.17) is 11.6 Å². The van der Waals surface area contributed by atoms with Crippen molar-refractivity contribution in [1.29, 1.82) is 0 Å². The van der Waals surface area contributed by atoms with Crippen molar-refractivity contribution in [1.82, 2.24) is 4.57 Å². The fraction of sp³-hybridized carbons (Fsp3) is 0.152. The molecule has 0 saturated carbocycles. The highest BCUT2D eigenvalue weighted by molar-refractivity contribution is 6.30. The van der Waals surface area contributed by atoms with Crippen LogP contribution in [0.15, 0.2) is 84.9 Å². The molecule has 0 aliphatic rings. The Kier molecular flexibility index (Phi) is 7.41. The van der Waals surface area contributed by atoms with Crippen molar-refractivity contribution in [3.05, 3.63) is 124 Å². The molecule has 0 atom stereocenters. The third-order valence-electron chi connectivity index (χ3n) is 6.94. The number of carboxylic acid groups (broad SMARTS) is 1. The minimum absolute atomic E-state index is 0.0957. The molecule has 1 amide bonds. The van der Waals surface area contributed by atoms with Gasteiger partial charge >= 0.3 is 5.97 Å². The van der Waals surface area contributed by atoms with Crippen molar-refractivity contribution >= 4 is 40.1 Å². The van der Waals surface area contributed by atoms with Crippen molar-refractivity contribution in [2.24, 2.45) is 0 Å². The number of fused-ring (bicyclic) bond motifs is 1. The van der Waals surface area contributed by atoms with E-state index in [1.165, 1.54) is 12.1 Å². The van der Waals surface area contributed by atoms with Crippen molar-refractivity contribution in [2.45, 2.75) is 32.7 Å².